The number of aliphatic imine (C=N–C) groups is 1. The molecule has 1 saturated carbocycles. The zero-order valence-corrected chi connectivity index (χ0v) is 14.3. The van der Waals surface area contributed by atoms with Gasteiger partial charge in [0.15, 0.2) is 5.96 Å². The lowest BCUT2D eigenvalue weighted by molar-refractivity contribution is 0.0368. The van der Waals surface area contributed by atoms with Crippen molar-refractivity contribution in [2.24, 2.45) is 10.9 Å². The molecule has 1 aromatic carbocycles. The van der Waals surface area contributed by atoms with E-state index in [1.807, 2.05) is 13.0 Å². The predicted octanol–water partition coefficient (Wildman–Crippen LogP) is 1.71. The van der Waals surface area contributed by atoms with Crippen molar-refractivity contribution in [2.45, 2.75) is 32.3 Å². The Bertz CT molecular complexity index is 521. The quantitative estimate of drug-likeness (QED) is 0.449. The Labute approximate surface area is 143 Å². The summed E-state index contributed by atoms with van der Waals surface area (Å²) in [5.74, 6) is 1.12. The highest BCUT2D eigenvalue weighted by Crippen LogP contribution is 2.28. The molecule has 134 valence electrons. The van der Waals surface area contributed by atoms with Gasteiger partial charge in [0.1, 0.15) is 5.82 Å². The summed E-state index contributed by atoms with van der Waals surface area (Å²) in [7, 11) is 0. The first-order valence-electron chi connectivity index (χ1n) is 8.70. The van der Waals surface area contributed by atoms with E-state index in [9.17, 15) is 9.50 Å². The molecule has 0 amide bonds. The van der Waals surface area contributed by atoms with Crippen molar-refractivity contribution < 1.29 is 14.2 Å². The Balaban J connectivity index is 1.69. The van der Waals surface area contributed by atoms with Gasteiger partial charge in [0.2, 0.25) is 0 Å². The van der Waals surface area contributed by atoms with E-state index in [4.69, 9.17) is 4.74 Å². The van der Waals surface area contributed by atoms with E-state index in [0.29, 0.717) is 37.0 Å². The van der Waals surface area contributed by atoms with Gasteiger partial charge in [-0.1, -0.05) is 18.2 Å². The highest BCUT2D eigenvalue weighted by molar-refractivity contribution is 5.79. The van der Waals surface area contributed by atoms with Gasteiger partial charge in [-0.25, -0.2) is 4.39 Å². The lowest BCUT2D eigenvalue weighted by Crippen LogP contribution is -2.39. The van der Waals surface area contributed by atoms with Gasteiger partial charge in [0, 0.05) is 19.7 Å². The molecule has 1 unspecified atom stereocenters. The average Bonchev–Trinajstić information content (AvgIpc) is 3.38. The molecule has 6 heteroatoms. The van der Waals surface area contributed by atoms with Gasteiger partial charge < -0.3 is 20.5 Å². The molecule has 0 heterocycles. The van der Waals surface area contributed by atoms with Crippen LogP contribution in [-0.2, 0) is 11.2 Å². The molecular weight excluding hydrogens is 309 g/mol. The monoisotopic (exact) mass is 337 g/mol. The van der Waals surface area contributed by atoms with Crippen molar-refractivity contribution >= 4 is 5.96 Å². The molecule has 5 nitrogen and oxygen atoms in total. The molecule has 0 spiro atoms. The van der Waals surface area contributed by atoms with Gasteiger partial charge in [-0.05, 0) is 43.7 Å². The summed E-state index contributed by atoms with van der Waals surface area (Å²) < 4.78 is 19.0. The number of nitrogens with zero attached hydrogens (tertiary/aromatic N) is 1. The van der Waals surface area contributed by atoms with Crippen molar-refractivity contribution in [1.29, 1.82) is 0 Å². The molecule has 1 fully saturated rings. The molecule has 0 aromatic heterocycles. The van der Waals surface area contributed by atoms with E-state index in [0.717, 1.165) is 13.2 Å². The normalized spacial score (nSPS) is 16.0. The number of benzene rings is 1. The summed E-state index contributed by atoms with van der Waals surface area (Å²) in [4.78, 5) is 4.35. The van der Waals surface area contributed by atoms with E-state index in [1.54, 1.807) is 12.1 Å². The Morgan fingerprint density at radius 1 is 1.38 bits per heavy atom. The van der Waals surface area contributed by atoms with E-state index < -0.39 is 6.10 Å². The van der Waals surface area contributed by atoms with Crippen LogP contribution in [0.4, 0.5) is 4.39 Å². The fraction of sp³-hybridized carbons (Fsp3) is 0.611. The number of hydrogen-bond donors (Lipinski definition) is 3. The summed E-state index contributed by atoms with van der Waals surface area (Å²) in [6, 6.07) is 6.76. The summed E-state index contributed by atoms with van der Waals surface area (Å²) in [5.41, 5.74) is 0.675. The van der Waals surface area contributed by atoms with Gasteiger partial charge in [-0.15, -0.1) is 0 Å². The molecule has 1 atom stereocenters. The van der Waals surface area contributed by atoms with Crippen molar-refractivity contribution in [3.8, 4) is 0 Å². The fourth-order valence-electron chi connectivity index (χ4n) is 2.26. The highest BCUT2D eigenvalue weighted by Gasteiger charge is 2.21. The summed E-state index contributed by atoms with van der Waals surface area (Å²) in [6.45, 7) is 4.60. The third-order valence-corrected chi connectivity index (χ3v) is 3.81. The summed E-state index contributed by atoms with van der Waals surface area (Å²) in [5, 5.41) is 16.2. The standard InChI is InChI=1S/C18H28FN3O2/c1-2-20-18(21-10-9-15-5-3-4-6-17(15)19)22-11-16(23)13-24-12-14-7-8-14/h3-6,14,16,23H,2,7-13H2,1H3,(H2,20,21,22). The maximum atomic E-state index is 13.6. The van der Waals surface area contributed by atoms with Crippen LogP contribution in [0, 0.1) is 11.7 Å². The van der Waals surface area contributed by atoms with Crippen LogP contribution < -0.4 is 10.6 Å². The van der Waals surface area contributed by atoms with Crippen LogP contribution in [0.2, 0.25) is 0 Å². The molecular formula is C18H28FN3O2. The lowest BCUT2D eigenvalue weighted by Gasteiger charge is -2.13. The third kappa shape index (κ3) is 7.27. The van der Waals surface area contributed by atoms with Gasteiger partial charge in [-0.2, -0.15) is 0 Å². The number of halogens is 1. The molecule has 1 aromatic rings. The van der Waals surface area contributed by atoms with Gasteiger partial charge >= 0.3 is 0 Å². The molecule has 0 aliphatic heterocycles. The van der Waals surface area contributed by atoms with Crippen molar-refractivity contribution in [1.82, 2.24) is 10.6 Å². The smallest absolute Gasteiger partial charge is 0.191 e. The second-order valence-corrected chi connectivity index (χ2v) is 6.12. The van der Waals surface area contributed by atoms with Crippen LogP contribution in [0.5, 0.6) is 0 Å². The number of guanidine groups is 1. The molecule has 3 N–H and O–H groups in total. The summed E-state index contributed by atoms with van der Waals surface area (Å²) in [6.07, 6.45) is 2.45. The first kappa shape index (κ1) is 18.7. The Morgan fingerprint density at radius 3 is 2.88 bits per heavy atom. The topological polar surface area (TPSA) is 65.9 Å². The molecule has 2 rings (SSSR count). The second-order valence-electron chi connectivity index (χ2n) is 6.12. The van der Waals surface area contributed by atoms with Crippen molar-refractivity contribution in [2.75, 3.05) is 32.8 Å². The number of hydrogen-bond acceptors (Lipinski definition) is 3. The summed E-state index contributed by atoms with van der Waals surface area (Å²) >= 11 is 0. The number of aliphatic hydroxyl groups is 1. The van der Waals surface area contributed by atoms with Gasteiger partial charge in [-0.3, -0.25) is 4.99 Å². The minimum atomic E-state index is -0.606. The lowest BCUT2D eigenvalue weighted by atomic mass is 10.1. The molecule has 0 radical (unpaired) electrons. The van der Waals surface area contributed by atoms with Crippen LogP contribution in [0.15, 0.2) is 29.3 Å². The van der Waals surface area contributed by atoms with Crippen LogP contribution in [0.1, 0.15) is 25.3 Å². The molecule has 0 saturated heterocycles. The average molecular weight is 337 g/mol. The number of rotatable bonds is 10. The van der Waals surface area contributed by atoms with Crippen LogP contribution in [0.3, 0.4) is 0 Å². The predicted molar refractivity (Wildman–Crippen MR) is 93.6 cm³/mol. The van der Waals surface area contributed by atoms with Crippen molar-refractivity contribution in [3.05, 3.63) is 35.6 Å². The molecule has 1 aliphatic rings. The number of nitrogens with one attached hydrogen (secondary N) is 2. The Kier molecular flexibility index (Phi) is 7.98. The van der Waals surface area contributed by atoms with E-state index in [-0.39, 0.29) is 12.4 Å². The van der Waals surface area contributed by atoms with Crippen LogP contribution in [0.25, 0.3) is 0 Å². The number of aliphatic hydroxyl groups excluding tert-OH is 1. The van der Waals surface area contributed by atoms with Gasteiger partial charge in [0.05, 0.1) is 19.3 Å². The molecule has 24 heavy (non-hydrogen) atoms. The first-order chi connectivity index (χ1) is 11.7. The van der Waals surface area contributed by atoms with Crippen molar-refractivity contribution in [3.63, 3.8) is 0 Å². The second kappa shape index (κ2) is 10.3. The van der Waals surface area contributed by atoms with E-state index in [2.05, 4.69) is 15.6 Å². The largest absolute Gasteiger partial charge is 0.389 e. The zero-order valence-electron chi connectivity index (χ0n) is 14.3. The van der Waals surface area contributed by atoms with Crippen LogP contribution in [-0.4, -0.2) is 50.0 Å². The Morgan fingerprint density at radius 2 is 2.17 bits per heavy atom. The molecule has 0 bridgehead atoms. The maximum Gasteiger partial charge on any atom is 0.191 e. The van der Waals surface area contributed by atoms with Crippen LogP contribution >= 0.6 is 0 Å². The fourth-order valence-corrected chi connectivity index (χ4v) is 2.26. The molecule has 1 aliphatic carbocycles. The number of ether oxygens (including phenoxy) is 1. The zero-order chi connectivity index (χ0) is 17.2. The third-order valence-electron chi connectivity index (χ3n) is 3.81. The first-order valence-corrected chi connectivity index (χ1v) is 8.70. The highest BCUT2D eigenvalue weighted by atomic mass is 19.1. The minimum Gasteiger partial charge on any atom is -0.389 e. The van der Waals surface area contributed by atoms with E-state index in [1.165, 1.54) is 18.9 Å². The Hall–Kier alpha value is -1.66. The van der Waals surface area contributed by atoms with E-state index >= 15 is 0 Å². The van der Waals surface area contributed by atoms with Gasteiger partial charge in [0.25, 0.3) is 0 Å². The minimum absolute atomic E-state index is 0.190. The SMILES string of the molecule is CCNC(=NCC(O)COCC1CC1)NCCc1ccccc1F. The maximum absolute atomic E-state index is 13.6.